The Morgan fingerprint density at radius 2 is 1.00 bits per heavy atom. The van der Waals surface area contributed by atoms with Crippen molar-refractivity contribution in [3.63, 3.8) is 0 Å². The van der Waals surface area contributed by atoms with Crippen LogP contribution in [0.1, 0.15) is 5.56 Å². The largest absolute Gasteiger partial charge is 0.438 e. The van der Waals surface area contributed by atoms with Gasteiger partial charge in [-0.1, -0.05) is 91.0 Å². The number of hydrogen-bond donors (Lipinski definition) is 0. The summed E-state index contributed by atoms with van der Waals surface area (Å²) in [6.45, 7) is 0. The molecule has 5 heteroatoms. The van der Waals surface area contributed by atoms with Crippen LogP contribution in [0.5, 0.6) is 11.5 Å². The van der Waals surface area contributed by atoms with E-state index in [0.717, 1.165) is 11.1 Å². The molecule has 0 atom stereocenters. The van der Waals surface area contributed by atoms with Crippen molar-refractivity contribution in [1.82, 2.24) is 0 Å². The van der Waals surface area contributed by atoms with Crippen LogP contribution in [0.25, 0.3) is 16.7 Å². The van der Waals surface area contributed by atoms with Gasteiger partial charge in [0, 0.05) is 5.57 Å². The molecule has 32 heavy (non-hydrogen) atoms. The van der Waals surface area contributed by atoms with E-state index in [4.69, 9.17) is 9.05 Å². The SMILES string of the molecule is FC(F)=C(CP(Oc1ccccc1)Oc1ccccc1)c1ccc(-c2ccccc2)cc1. The van der Waals surface area contributed by atoms with Crippen molar-refractivity contribution < 1.29 is 17.8 Å². The maximum atomic E-state index is 14.0. The lowest BCUT2D eigenvalue weighted by molar-refractivity contribution is 0.424. The summed E-state index contributed by atoms with van der Waals surface area (Å²) in [5.41, 5.74) is 2.37. The third kappa shape index (κ3) is 5.81. The van der Waals surface area contributed by atoms with E-state index in [-0.39, 0.29) is 11.7 Å². The highest BCUT2D eigenvalue weighted by Crippen LogP contribution is 2.44. The molecule has 0 saturated heterocycles. The summed E-state index contributed by atoms with van der Waals surface area (Å²) in [6, 6.07) is 35.2. The van der Waals surface area contributed by atoms with Crippen molar-refractivity contribution in [3.05, 3.63) is 127 Å². The van der Waals surface area contributed by atoms with Gasteiger partial charge in [-0.2, -0.15) is 8.78 Å². The smallest absolute Gasteiger partial charge is 0.295 e. The molecule has 0 fully saturated rings. The van der Waals surface area contributed by atoms with E-state index in [2.05, 4.69) is 0 Å². The first-order valence-electron chi connectivity index (χ1n) is 10.1. The van der Waals surface area contributed by atoms with Gasteiger partial charge in [0.25, 0.3) is 14.5 Å². The summed E-state index contributed by atoms with van der Waals surface area (Å²) >= 11 is 0. The average Bonchev–Trinajstić information content (AvgIpc) is 2.84. The van der Waals surface area contributed by atoms with Crippen molar-refractivity contribution >= 4 is 13.9 Å². The third-order valence-corrected chi connectivity index (χ3v) is 6.16. The molecule has 0 aliphatic heterocycles. The van der Waals surface area contributed by atoms with Gasteiger partial charge in [-0.25, -0.2) is 0 Å². The van der Waals surface area contributed by atoms with Crippen LogP contribution in [0.15, 0.2) is 121 Å². The summed E-state index contributed by atoms with van der Waals surface area (Å²) in [7, 11) is -1.70. The van der Waals surface area contributed by atoms with Crippen molar-refractivity contribution in [3.8, 4) is 22.6 Å². The van der Waals surface area contributed by atoms with Crippen LogP contribution in [-0.4, -0.2) is 6.16 Å². The molecule has 0 amide bonds. The first kappa shape index (κ1) is 21.7. The standard InChI is InChI=1S/C27H21F2O2P/c28-27(29)26(23-18-16-22(17-19-23)21-10-4-1-5-11-21)20-32(30-24-12-6-2-7-13-24)31-25-14-8-3-9-15-25/h1-19H,20H2. The fourth-order valence-electron chi connectivity index (χ4n) is 3.16. The van der Waals surface area contributed by atoms with E-state index in [9.17, 15) is 8.78 Å². The predicted octanol–water partition coefficient (Wildman–Crippen LogP) is 8.43. The second-order valence-electron chi connectivity index (χ2n) is 6.98. The molecule has 0 radical (unpaired) electrons. The Morgan fingerprint density at radius 1 is 0.562 bits per heavy atom. The van der Waals surface area contributed by atoms with Gasteiger partial charge in [0.2, 0.25) is 0 Å². The lowest BCUT2D eigenvalue weighted by atomic mass is 10.0. The van der Waals surface area contributed by atoms with Crippen LogP contribution in [0.3, 0.4) is 0 Å². The van der Waals surface area contributed by atoms with Crippen LogP contribution >= 0.6 is 8.38 Å². The lowest BCUT2D eigenvalue weighted by Crippen LogP contribution is -2.03. The van der Waals surface area contributed by atoms with E-state index in [1.54, 1.807) is 36.4 Å². The van der Waals surface area contributed by atoms with Crippen LogP contribution in [0.4, 0.5) is 8.78 Å². The topological polar surface area (TPSA) is 18.5 Å². The molecule has 0 heterocycles. The van der Waals surface area contributed by atoms with Gasteiger partial charge in [-0.05, 0) is 41.0 Å². The Morgan fingerprint density at radius 3 is 1.47 bits per heavy atom. The summed E-state index contributed by atoms with van der Waals surface area (Å²) in [6.07, 6.45) is -1.79. The highest BCUT2D eigenvalue weighted by molar-refractivity contribution is 7.48. The Kier molecular flexibility index (Phi) is 7.27. The Balaban J connectivity index is 1.58. The molecule has 0 aliphatic carbocycles. The van der Waals surface area contributed by atoms with E-state index < -0.39 is 14.5 Å². The van der Waals surface area contributed by atoms with Gasteiger partial charge in [0.1, 0.15) is 11.5 Å². The van der Waals surface area contributed by atoms with E-state index in [1.807, 2.05) is 78.9 Å². The minimum atomic E-state index is -1.74. The maximum Gasteiger partial charge on any atom is 0.295 e. The zero-order valence-corrected chi connectivity index (χ0v) is 18.1. The van der Waals surface area contributed by atoms with Gasteiger partial charge in [-0.15, -0.1) is 0 Å². The molecule has 4 aromatic carbocycles. The summed E-state index contributed by atoms with van der Waals surface area (Å²) in [5, 5.41) is 0. The monoisotopic (exact) mass is 446 g/mol. The van der Waals surface area contributed by atoms with Gasteiger partial charge >= 0.3 is 0 Å². The number of hydrogen-bond acceptors (Lipinski definition) is 2. The second-order valence-corrected chi connectivity index (χ2v) is 8.33. The van der Waals surface area contributed by atoms with Gasteiger partial charge in [0.05, 0.1) is 6.16 Å². The highest BCUT2D eigenvalue weighted by atomic mass is 31.2. The number of rotatable bonds is 8. The number of benzene rings is 4. The molecule has 0 spiro atoms. The molecular formula is C27H21F2O2P. The van der Waals surface area contributed by atoms with Gasteiger partial charge < -0.3 is 9.05 Å². The van der Waals surface area contributed by atoms with Gasteiger partial charge in [-0.3, -0.25) is 0 Å². The fourth-order valence-corrected chi connectivity index (χ4v) is 4.61. The van der Waals surface area contributed by atoms with Crippen LogP contribution in [0, 0.1) is 0 Å². The molecule has 0 aliphatic rings. The normalized spacial score (nSPS) is 10.6. The summed E-state index contributed by atoms with van der Waals surface area (Å²) in [5.74, 6) is 1.15. The second kappa shape index (κ2) is 10.7. The zero-order chi connectivity index (χ0) is 22.2. The molecule has 4 rings (SSSR count). The molecule has 0 unspecified atom stereocenters. The predicted molar refractivity (Wildman–Crippen MR) is 127 cm³/mol. The Labute approximate surface area is 187 Å². The first-order chi connectivity index (χ1) is 15.7. The highest BCUT2D eigenvalue weighted by Gasteiger charge is 2.22. The van der Waals surface area contributed by atoms with Crippen LogP contribution < -0.4 is 9.05 Å². The van der Waals surface area contributed by atoms with Crippen molar-refractivity contribution in [1.29, 1.82) is 0 Å². The number of para-hydroxylation sites is 2. The number of allylic oxidation sites excluding steroid dienone is 1. The average molecular weight is 446 g/mol. The van der Waals surface area contributed by atoms with E-state index in [1.165, 1.54) is 0 Å². The molecule has 0 bridgehead atoms. The molecule has 0 saturated carbocycles. The van der Waals surface area contributed by atoms with E-state index in [0.29, 0.717) is 17.1 Å². The Hall–Kier alpha value is -3.49. The molecule has 0 N–H and O–H groups in total. The van der Waals surface area contributed by atoms with Crippen LogP contribution in [-0.2, 0) is 0 Å². The molecule has 4 aromatic rings. The van der Waals surface area contributed by atoms with Gasteiger partial charge in [0.15, 0.2) is 0 Å². The molecular weight excluding hydrogens is 425 g/mol. The number of halogens is 2. The fraction of sp³-hybridized carbons (Fsp3) is 0.0370. The third-order valence-electron chi connectivity index (χ3n) is 4.76. The lowest BCUT2D eigenvalue weighted by Gasteiger charge is -2.20. The van der Waals surface area contributed by atoms with E-state index >= 15 is 0 Å². The minimum Gasteiger partial charge on any atom is -0.438 e. The maximum absolute atomic E-state index is 14.0. The molecule has 160 valence electrons. The molecule has 0 aromatic heterocycles. The van der Waals surface area contributed by atoms with Crippen molar-refractivity contribution in [2.24, 2.45) is 0 Å². The van der Waals surface area contributed by atoms with Crippen molar-refractivity contribution in [2.75, 3.05) is 6.16 Å². The van der Waals surface area contributed by atoms with Crippen LogP contribution in [0.2, 0.25) is 0 Å². The zero-order valence-electron chi connectivity index (χ0n) is 17.2. The minimum absolute atomic E-state index is 0.0495. The Bertz CT molecular complexity index is 1100. The molecule has 2 nitrogen and oxygen atoms in total. The summed E-state index contributed by atoms with van der Waals surface area (Å²) < 4.78 is 40.0. The first-order valence-corrected chi connectivity index (χ1v) is 11.5. The quantitative estimate of drug-likeness (QED) is 0.253. The summed E-state index contributed by atoms with van der Waals surface area (Å²) in [4.78, 5) is 0. The van der Waals surface area contributed by atoms with Crippen molar-refractivity contribution in [2.45, 2.75) is 0 Å².